The molecule has 0 saturated carbocycles. The Labute approximate surface area is 162 Å². The zero-order chi connectivity index (χ0) is 19.7. The average Bonchev–Trinajstić information content (AvgIpc) is 2.49. The van der Waals surface area contributed by atoms with E-state index in [-0.39, 0.29) is 34.8 Å². The van der Waals surface area contributed by atoms with Crippen LogP contribution in [-0.2, 0) is 31.5 Å². The summed E-state index contributed by atoms with van der Waals surface area (Å²) in [5.41, 5.74) is 0. The van der Waals surface area contributed by atoms with Gasteiger partial charge in [-0.25, -0.2) is 0 Å². The van der Waals surface area contributed by atoms with Crippen LogP contribution in [0.1, 0.15) is 80.1 Å². The van der Waals surface area contributed by atoms with Gasteiger partial charge in [-0.15, -0.1) is 0 Å². The van der Waals surface area contributed by atoms with E-state index < -0.39 is 17.9 Å². The van der Waals surface area contributed by atoms with Crippen molar-refractivity contribution in [1.82, 2.24) is 0 Å². The number of hydrogen-bond donors (Lipinski definition) is 0. The first kappa shape index (κ1) is 31.7. The number of rotatable bonds is 9. The maximum absolute atomic E-state index is 9.98. The molecule has 0 spiro atoms. The van der Waals surface area contributed by atoms with Gasteiger partial charge in [0.25, 0.3) is 0 Å². The maximum Gasteiger partial charge on any atom is 3.00 e. The largest absolute Gasteiger partial charge is 3.00 e. The molecule has 0 saturated heterocycles. The third-order valence-corrected chi connectivity index (χ3v) is 3.37. The molecule has 25 heavy (non-hydrogen) atoms. The Bertz CT molecular complexity index is 294. The third-order valence-electron chi connectivity index (χ3n) is 3.37. The molecule has 0 bridgehead atoms. The van der Waals surface area contributed by atoms with Crippen LogP contribution in [0.2, 0.25) is 0 Å². The number of carboxylic acids is 3. The number of aliphatic carboxylic acids is 3. The number of hydrogen-bond acceptors (Lipinski definition) is 6. The normalized spacial score (nSPS) is 12.7. The minimum absolute atomic E-state index is 0. The fraction of sp³-hybridized carbons (Fsp3) is 0.833. The smallest absolute Gasteiger partial charge is 0.550 e. The molecule has 1 radical (unpaired) electrons. The van der Waals surface area contributed by atoms with Gasteiger partial charge in [-0.1, -0.05) is 60.8 Å². The van der Waals surface area contributed by atoms with Crippen LogP contribution in [0.25, 0.3) is 0 Å². The molecule has 0 amide bonds. The van der Waals surface area contributed by atoms with Crippen LogP contribution < -0.4 is 15.3 Å². The van der Waals surface area contributed by atoms with Crippen molar-refractivity contribution in [1.29, 1.82) is 0 Å². The summed E-state index contributed by atoms with van der Waals surface area (Å²) in [7, 11) is 0. The molecule has 3 unspecified atom stereocenters. The van der Waals surface area contributed by atoms with E-state index in [2.05, 4.69) is 0 Å². The van der Waals surface area contributed by atoms with Crippen molar-refractivity contribution in [2.24, 2.45) is 17.8 Å². The molecule has 0 fully saturated rings. The fourth-order valence-corrected chi connectivity index (χ4v) is 1.65. The predicted octanol–water partition coefficient (Wildman–Crippen LogP) is 0.515. The summed E-state index contributed by atoms with van der Waals surface area (Å²) in [5, 5.41) is 29.9. The average molecular weight is 401 g/mol. The van der Waals surface area contributed by atoms with Gasteiger partial charge >= 0.3 is 17.1 Å². The fourth-order valence-electron chi connectivity index (χ4n) is 1.65. The molecule has 6 nitrogen and oxygen atoms in total. The van der Waals surface area contributed by atoms with Crippen molar-refractivity contribution >= 4 is 17.9 Å². The number of carbonyl (C=O) groups excluding carboxylic acids is 3. The van der Waals surface area contributed by atoms with Crippen LogP contribution >= 0.6 is 0 Å². The van der Waals surface area contributed by atoms with E-state index >= 15 is 0 Å². The summed E-state index contributed by atoms with van der Waals surface area (Å²) in [6.45, 7) is 10.9. The van der Waals surface area contributed by atoms with Gasteiger partial charge in [0.05, 0.1) is 0 Å². The van der Waals surface area contributed by atoms with E-state index in [9.17, 15) is 29.7 Å². The first-order valence-electron chi connectivity index (χ1n) is 8.67. The maximum atomic E-state index is 9.98. The molecule has 0 aliphatic carbocycles. The molecule has 0 aromatic carbocycles. The van der Waals surface area contributed by atoms with E-state index in [1.54, 1.807) is 20.8 Å². The van der Waals surface area contributed by atoms with Crippen LogP contribution in [0, 0.1) is 17.8 Å². The molecular formula is C18H33FeO6. The first-order valence-corrected chi connectivity index (χ1v) is 8.67. The minimum atomic E-state index is -0.938. The Kier molecular flexibility index (Phi) is 26.6. The number of carbonyl (C=O) groups is 3. The molecule has 149 valence electrons. The first-order chi connectivity index (χ1) is 11.0. The van der Waals surface area contributed by atoms with E-state index in [0.717, 1.165) is 38.5 Å². The van der Waals surface area contributed by atoms with Gasteiger partial charge in [-0.2, -0.15) is 0 Å². The van der Waals surface area contributed by atoms with E-state index in [4.69, 9.17) is 0 Å². The zero-order valence-electron chi connectivity index (χ0n) is 16.3. The summed E-state index contributed by atoms with van der Waals surface area (Å²) in [4.78, 5) is 29.9. The molecule has 0 aromatic rings. The van der Waals surface area contributed by atoms with Crippen LogP contribution in [0.15, 0.2) is 0 Å². The van der Waals surface area contributed by atoms with Gasteiger partial charge in [-0.05, 0) is 37.0 Å². The van der Waals surface area contributed by atoms with Crippen molar-refractivity contribution in [3.05, 3.63) is 0 Å². The second-order valence-corrected chi connectivity index (χ2v) is 6.03. The predicted molar refractivity (Wildman–Crippen MR) is 87.2 cm³/mol. The van der Waals surface area contributed by atoms with Gasteiger partial charge in [0.2, 0.25) is 0 Å². The molecule has 0 aromatic heterocycles. The summed E-state index contributed by atoms with van der Waals surface area (Å²) < 4.78 is 0. The molecule has 0 aliphatic heterocycles. The van der Waals surface area contributed by atoms with Gasteiger partial charge in [0.1, 0.15) is 0 Å². The van der Waals surface area contributed by atoms with Crippen molar-refractivity contribution in [2.45, 2.75) is 80.1 Å². The SMILES string of the molecule is CCCC(C)C(=O)[O-].CCCC(C)C(=O)[O-].CCCC(C)C(=O)[O-].[Fe+3]. The van der Waals surface area contributed by atoms with Crippen LogP contribution in [0.3, 0.4) is 0 Å². The van der Waals surface area contributed by atoms with E-state index in [1.165, 1.54) is 0 Å². The van der Waals surface area contributed by atoms with E-state index in [0.29, 0.717) is 0 Å². The second kappa shape index (κ2) is 21.0. The molecule has 0 rings (SSSR count). The topological polar surface area (TPSA) is 120 Å². The standard InChI is InChI=1S/3C6H12O2.Fe/c3*1-3-4-5(2)6(7)8;/h3*5H,3-4H2,1-2H3,(H,7,8);/q;;;+3/p-3. The minimum Gasteiger partial charge on any atom is -0.550 e. The van der Waals surface area contributed by atoms with Gasteiger partial charge in [0.15, 0.2) is 0 Å². The quantitative estimate of drug-likeness (QED) is 0.519. The van der Waals surface area contributed by atoms with E-state index in [1.807, 2.05) is 20.8 Å². The van der Waals surface area contributed by atoms with Gasteiger partial charge in [-0.3, -0.25) is 0 Å². The Hall–Kier alpha value is -1.07. The van der Waals surface area contributed by atoms with Crippen molar-refractivity contribution in [2.75, 3.05) is 0 Å². The molecule has 3 atom stereocenters. The summed E-state index contributed by atoms with van der Waals surface area (Å²) >= 11 is 0. The van der Waals surface area contributed by atoms with Crippen molar-refractivity contribution < 1.29 is 46.8 Å². The van der Waals surface area contributed by atoms with Crippen LogP contribution in [-0.4, -0.2) is 17.9 Å². The monoisotopic (exact) mass is 401 g/mol. The molecule has 7 heteroatoms. The molecule has 0 N–H and O–H groups in total. The second-order valence-electron chi connectivity index (χ2n) is 6.03. The van der Waals surface area contributed by atoms with Crippen molar-refractivity contribution in [3.8, 4) is 0 Å². The summed E-state index contributed by atoms with van der Waals surface area (Å²) in [5.74, 6) is -3.65. The Morgan fingerprint density at radius 3 is 0.800 bits per heavy atom. The molecule has 0 heterocycles. The Morgan fingerprint density at radius 2 is 0.760 bits per heavy atom. The van der Waals surface area contributed by atoms with Crippen molar-refractivity contribution in [3.63, 3.8) is 0 Å². The number of carboxylic acid groups (broad SMARTS) is 3. The van der Waals surface area contributed by atoms with Gasteiger partial charge < -0.3 is 29.7 Å². The Morgan fingerprint density at radius 1 is 0.600 bits per heavy atom. The van der Waals surface area contributed by atoms with Crippen LogP contribution in [0.5, 0.6) is 0 Å². The molecular weight excluding hydrogens is 368 g/mol. The van der Waals surface area contributed by atoms with Gasteiger partial charge in [0, 0.05) is 17.9 Å². The van der Waals surface area contributed by atoms with Crippen LogP contribution in [0.4, 0.5) is 0 Å². The summed E-state index contributed by atoms with van der Waals surface area (Å²) in [6, 6.07) is 0. The summed E-state index contributed by atoms with van der Waals surface area (Å²) in [6.07, 6.45) is 4.91. The third kappa shape index (κ3) is 25.3. The molecule has 0 aliphatic rings. The zero-order valence-corrected chi connectivity index (χ0v) is 17.4. The Balaban J connectivity index is -0.000000130.